The van der Waals surface area contributed by atoms with Crippen LogP contribution in [-0.2, 0) is 9.53 Å². The largest absolute Gasteiger partial charge is 0.508 e. The Morgan fingerprint density at radius 3 is 2.37 bits per heavy atom. The number of aromatic hydroxyl groups is 1. The molecule has 0 atom stereocenters. The molecule has 0 aromatic heterocycles. The summed E-state index contributed by atoms with van der Waals surface area (Å²) in [6, 6.07) is 15.6. The first-order chi connectivity index (χ1) is 16.9. The fourth-order valence-corrected chi connectivity index (χ4v) is 3.52. The number of hydrogen-bond donors (Lipinski definition) is 2. The highest BCUT2D eigenvalue weighted by Crippen LogP contribution is 2.25. The number of rotatable bonds is 9. The molecule has 0 saturated heterocycles. The Balaban J connectivity index is 1.95. The number of aldehydes is 1. The van der Waals surface area contributed by atoms with Gasteiger partial charge in [0.25, 0.3) is 0 Å². The van der Waals surface area contributed by atoms with E-state index in [4.69, 9.17) is 9.73 Å². The third-order valence-electron chi connectivity index (χ3n) is 5.85. The van der Waals surface area contributed by atoms with Gasteiger partial charge < -0.3 is 15.2 Å². The second-order valence-electron chi connectivity index (χ2n) is 8.79. The zero-order valence-electron chi connectivity index (χ0n) is 20.9. The SMILES string of the molecule is C/C(CN(C)C(C)C)=C(\N=C(/N=CC=O)C1=CCOCC1)Nc1ccc(-c2ccc(O)cc2)cc1. The lowest BCUT2D eigenvalue weighted by atomic mass is 10.1. The van der Waals surface area contributed by atoms with Gasteiger partial charge in [0.2, 0.25) is 0 Å². The molecule has 0 amide bonds. The molecule has 1 heterocycles. The molecule has 0 saturated carbocycles. The quantitative estimate of drug-likeness (QED) is 0.301. The molecule has 2 aromatic rings. The fourth-order valence-electron chi connectivity index (χ4n) is 3.52. The minimum absolute atomic E-state index is 0.245. The van der Waals surface area contributed by atoms with E-state index in [1.54, 1.807) is 12.1 Å². The first kappa shape index (κ1) is 26.1. The van der Waals surface area contributed by atoms with Crippen molar-refractivity contribution in [3.63, 3.8) is 0 Å². The number of likely N-dealkylation sites (N-methyl/N-ethyl adjacent to an activating group) is 1. The molecule has 3 rings (SSSR count). The first-order valence-electron chi connectivity index (χ1n) is 11.8. The molecule has 0 unspecified atom stereocenters. The number of nitrogens with one attached hydrogen (secondary N) is 1. The minimum atomic E-state index is 0.245. The van der Waals surface area contributed by atoms with Crippen molar-refractivity contribution in [3.8, 4) is 16.9 Å². The van der Waals surface area contributed by atoms with Crippen molar-refractivity contribution in [1.29, 1.82) is 0 Å². The van der Waals surface area contributed by atoms with E-state index < -0.39 is 0 Å². The van der Waals surface area contributed by atoms with Crippen LogP contribution in [0.25, 0.3) is 11.1 Å². The van der Waals surface area contributed by atoms with E-state index in [0.717, 1.165) is 34.5 Å². The van der Waals surface area contributed by atoms with Crippen LogP contribution in [0, 0.1) is 0 Å². The Hall–Kier alpha value is -3.55. The second kappa shape index (κ2) is 12.8. The molecular formula is C28H34N4O3. The Morgan fingerprint density at radius 2 is 1.80 bits per heavy atom. The zero-order valence-corrected chi connectivity index (χ0v) is 20.9. The highest BCUT2D eigenvalue weighted by Gasteiger charge is 2.14. The number of nitrogens with zero attached hydrogens (tertiary/aromatic N) is 3. The molecule has 0 fully saturated rings. The van der Waals surface area contributed by atoms with Crippen molar-refractivity contribution in [3.05, 3.63) is 71.6 Å². The predicted octanol–water partition coefficient (Wildman–Crippen LogP) is 5.06. The number of benzene rings is 2. The molecule has 2 aromatic carbocycles. The van der Waals surface area contributed by atoms with Crippen molar-refractivity contribution in [2.45, 2.75) is 33.2 Å². The number of anilines is 1. The maximum Gasteiger partial charge on any atom is 0.161 e. The Morgan fingerprint density at radius 1 is 1.14 bits per heavy atom. The number of aliphatic imine (C=N–C) groups is 2. The maximum atomic E-state index is 11.0. The molecule has 0 aliphatic carbocycles. The van der Waals surface area contributed by atoms with Crippen LogP contribution in [0.1, 0.15) is 27.2 Å². The van der Waals surface area contributed by atoms with Gasteiger partial charge >= 0.3 is 0 Å². The van der Waals surface area contributed by atoms with Crippen LogP contribution in [-0.4, -0.2) is 61.2 Å². The van der Waals surface area contributed by atoms with E-state index in [9.17, 15) is 9.90 Å². The minimum Gasteiger partial charge on any atom is -0.508 e. The van der Waals surface area contributed by atoms with Gasteiger partial charge in [-0.15, -0.1) is 0 Å². The summed E-state index contributed by atoms with van der Waals surface area (Å²) in [6.45, 7) is 8.18. The van der Waals surface area contributed by atoms with Crippen LogP contribution in [0.3, 0.4) is 0 Å². The van der Waals surface area contributed by atoms with Gasteiger partial charge in [-0.25, -0.2) is 9.98 Å². The van der Waals surface area contributed by atoms with Crippen molar-refractivity contribution < 1.29 is 14.6 Å². The molecule has 0 spiro atoms. The van der Waals surface area contributed by atoms with Gasteiger partial charge in [0.1, 0.15) is 11.6 Å². The molecule has 1 aliphatic rings. The summed E-state index contributed by atoms with van der Waals surface area (Å²) in [4.78, 5) is 22.4. The molecule has 0 bridgehead atoms. The van der Waals surface area contributed by atoms with Gasteiger partial charge in [-0.1, -0.05) is 30.3 Å². The summed E-state index contributed by atoms with van der Waals surface area (Å²) in [6.07, 6.45) is 4.54. The summed E-state index contributed by atoms with van der Waals surface area (Å²) in [5, 5.41) is 13.0. The van der Waals surface area contributed by atoms with Crippen LogP contribution in [0.4, 0.5) is 5.69 Å². The summed E-state index contributed by atoms with van der Waals surface area (Å²) in [5.74, 6) is 1.45. The molecule has 0 radical (unpaired) electrons. The highest BCUT2D eigenvalue weighted by molar-refractivity contribution is 6.18. The summed E-state index contributed by atoms with van der Waals surface area (Å²) in [7, 11) is 2.08. The topological polar surface area (TPSA) is 86.5 Å². The number of hydrogen-bond acceptors (Lipinski definition) is 6. The van der Waals surface area contributed by atoms with E-state index in [-0.39, 0.29) is 5.75 Å². The van der Waals surface area contributed by atoms with Crippen molar-refractivity contribution in [1.82, 2.24) is 4.90 Å². The van der Waals surface area contributed by atoms with Crippen LogP contribution in [0.2, 0.25) is 0 Å². The van der Waals surface area contributed by atoms with Gasteiger partial charge in [0.05, 0.1) is 19.4 Å². The second-order valence-corrected chi connectivity index (χ2v) is 8.79. The van der Waals surface area contributed by atoms with Crippen LogP contribution in [0.15, 0.2) is 81.6 Å². The van der Waals surface area contributed by atoms with Gasteiger partial charge in [0, 0.05) is 18.3 Å². The maximum absolute atomic E-state index is 11.0. The number of ether oxygens (including phenoxy) is 1. The first-order valence-corrected chi connectivity index (χ1v) is 11.8. The molecule has 35 heavy (non-hydrogen) atoms. The van der Waals surface area contributed by atoms with E-state index in [1.165, 1.54) is 6.21 Å². The molecule has 184 valence electrons. The third-order valence-corrected chi connectivity index (χ3v) is 5.85. The van der Waals surface area contributed by atoms with Gasteiger partial charge in [0.15, 0.2) is 12.1 Å². The van der Waals surface area contributed by atoms with E-state index in [2.05, 4.69) is 43.0 Å². The Labute approximate surface area is 207 Å². The fraction of sp³-hybridized carbons (Fsp3) is 0.321. The number of phenols is 1. The van der Waals surface area contributed by atoms with Crippen LogP contribution < -0.4 is 5.32 Å². The number of carbonyl (C=O) groups excluding carboxylic acids is 1. The standard InChI is InChI=1S/C28H34N4O3/c1-20(2)32(4)19-21(3)27(31-28(29-15-16-33)24-13-17-35-18-14-24)30-25-9-5-22(6-10-25)23-7-11-26(34)12-8-23/h5-13,15-16,20,30,34H,14,17-19H2,1-4H3/b27-21+,29-15?,31-28-. The molecule has 7 heteroatoms. The predicted molar refractivity (Wildman–Crippen MR) is 143 cm³/mol. The molecule has 7 nitrogen and oxygen atoms in total. The Bertz CT molecular complexity index is 1110. The van der Waals surface area contributed by atoms with E-state index in [1.807, 2.05) is 42.5 Å². The Kier molecular flexibility index (Phi) is 9.52. The van der Waals surface area contributed by atoms with Crippen LogP contribution in [0.5, 0.6) is 5.75 Å². The number of carbonyl (C=O) groups is 1. The summed E-state index contributed by atoms with van der Waals surface area (Å²) in [5.41, 5.74) is 4.97. The molecule has 1 aliphatic heterocycles. The van der Waals surface area contributed by atoms with Crippen molar-refractivity contribution in [2.24, 2.45) is 9.98 Å². The smallest absolute Gasteiger partial charge is 0.161 e. The monoisotopic (exact) mass is 474 g/mol. The average Bonchev–Trinajstić information content (AvgIpc) is 2.87. The highest BCUT2D eigenvalue weighted by atomic mass is 16.5. The van der Waals surface area contributed by atoms with Gasteiger partial charge in [-0.3, -0.25) is 9.69 Å². The lowest BCUT2D eigenvalue weighted by Crippen LogP contribution is -2.28. The number of phenolic OH excluding ortho intramolecular Hbond substituents is 1. The van der Waals surface area contributed by atoms with Crippen LogP contribution >= 0.6 is 0 Å². The number of amidine groups is 1. The molecular weight excluding hydrogens is 440 g/mol. The van der Waals surface area contributed by atoms with Crippen molar-refractivity contribution in [2.75, 3.05) is 32.1 Å². The van der Waals surface area contributed by atoms with E-state index >= 15 is 0 Å². The van der Waals surface area contributed by atoms with Gasteiger partial charge in [-0.2, -0.15) is 0 Å². The van der Waals surface area contributed by atoms with Crippen molar-refractivity contribution >= 4 is 24.0 Å². The zero-order chi connectivity index (χ0) is 25.2. The average molecular weight is 475 g/mol. The van der Waals surface area contributed by atoms with Gasteiger partial charge in [-0.05, 0) is 80.8 Å². The summed E-state index contributed by atoms with van der Waals surface area (Å²) >= 11 is 0. The normalized spacial score (nSPS) is 15.4. The van der Waals surface area contributed by atoms with E-state index in [0.29, 0.717) is 43.6 Å². The lowest BCUT2D eigenvalue weighted by molar-refractivity contribution is -0.102. The lowest BCUT2D eigenvalue weighted by Gasteiger charge is -2.23. The summed E-state index contributed by atoms with van der Waals surface area (Å²) < 4.78 is 5.43. The molecule has 2 N–H and O–H groups in total. The third kappa shape index (κ3) is 7.73.